The Kier molecular flexibility index (Phi) is 58.9. The molecule has 0 aromatic rings. The fourth-order valence-corrected chi connectivity index (χ4v) is 8.51. The minimum Gasteiger partial charge on any atom is -0.462 e. The lowest BCUT2D eigenvalue weighted by atomic mass is 10.0. The van der Waals surface area contributed by atoms with Crippen LogP contribution in [0.5, 0.6) is 0 Å². The van der Waals surface area contributed by atoms with E-state index < -0.39 is 6.10 Å². The van der Waals surface area contributed by atoms with Crippen molar-refractivity contribution in [2.75, 3.05) is 13.2 Å². The van der Waals surface area contributed by atoms with Gasteiger partial charge in [-0.2, -0.15) is 0 Å². The average Bonchev–Trinajstić information content (AvgIpc) is 3.38. The van der Waals surface area contributed by atoms with E-state index in [-0.39, 0.29) is 25.2 Å². The Morgan fingerprint density at radius 2 is 0.597 bits per heavy atom. The Labute approximate surface area is 446 Å². The molecule has 0 aliphatic carbocycles. The second-order valence-electron chi connectivity index (χ2n) is 20.0. The molecule has 0 spiro atoms. The van der Waals surface area contributed by atoms with Gasteiger partial charge in [-0.3, -0.25) is 9.59 Å². The maximum absolute atomic E-state index is 12.3. The molecule has 1 atom stereocenters. The predicted molar refractivity (Wildman–Crippen MR) is 315 cm³/mol. The highest BCUT2D eigenvalue weighted by Crippen LogP contribution is 2.16. The van der Waals surface area contributed by atoms with Crippen molar-refractivity contribution in [1.29, 1.82) is 0 Å². The Morgan fingerprint density at radius 3 is 0.917 bits per heavy atom. The monoisotopic (exact) mass is 999 g/mol. The Morgan fingerprint density at radius 1 is 0.333 bits per heavy atom. The second kappa shape index (κ2) is 61.9. The summed E-state index contributed by atoms with van der Waals surface area (Å²) < 4.78 is 10.7. The van der Waals surface area contributed by atoms with Crippen LogP contribution in [0.3, 0.4) is 0 Å². The highest BCUT2D eigenvalue weighted by molar-refractivity contribution is 5.70. The summed E-state index contributed by atoms with van der Waals surface area (Å²) in [4.78, 5) is 24.6. The van der Waals surface area contributed by atoms with Crippen LogP contribution in [-0.4, -0.2) is 36.4 Å². The Hall–Kier alpha value is -3.44. The van der Waals surface area contributed by atoms with E-state index in [1.807, 2.05) is 0 Å². The summed E-state index contributed by atoms with van der Waals surface area (Å²) in [5.41, 5.74) is 0. The van der Waals surface area contributed by atoms with E-state index in [9.17, 15) is 14.7 Å². The third kappa shape index (κ3) is 59.1. The van der Waals surface area contributed by atoms with E-state index in [0.29, 0.717) is 12.8 Å². The normalized spacial score (nSPS) is 13.0. The highest BCUT2D eigenvalue weighted by Gasteiger charge is 2.16. The quantitative estimate of drug-likeness (QED) is 0.0373. The van der Waals surface area contributed by atoms with Gasteiger partial charge < -0.3 is 14.6 Å². The van der Waals surface area contributed by atoms with Gasteiger partial charge in [-0.1, -0.05) is 277 Å². The molecule has 5 heteroatoms. The van der Waals surface area contributed by atoms with Crippen LogP contribution < -0.4 is 0 Å². The van der Waals surface area contributed by atoms with Gasteiger partial charge in [0.1, 0.15) is 6.61 Å². The first kappa shape index (κ1) is 68.6. The molecule has 0 saturated carbocycles. The standard InChI is InChI=1S/C67H114O5/c1-3-5-7-9-11-13-15-17-19-21-23-25-26-27-28-29-30-31-32-33-34-35-36-37-38-39-40-42-44-46-48-50-52-54-56-58-60-62-67(70)72-65(63-68)64-71-66(69)61-59-57-55-53-51-49-47-45-43-41-24-22-20-18-16-14-12-10-8-6-4-2/h5,7,11,13,17,19,22-25,27-28,30-31,33-34,36-37,65,68H,3-4,6,8-10,12,14-16,18,20-21,26,29,32,35,38-64H2,1-2H3/b7-5-,13-11-,19-17-,24-22-,25-23-,28-27-,31-30-,34-33-,37-36-. The van der Waals surface area contributed by atoms with Crippen LogP contribution in [-0.2, 0) is 19.1 Å². The lowest BCUT2D eigenvalue weighted by Crippen LogP contribution is -2.28. The van der Waals surface area contributed by atoms with Crippen LogP contribution in [0.2, 0.25) is 0 Å². The summed E-state index contributed by atoms with van der Waals surface area (Å²) >= 11 is 0. The Balaban J connectivity index is 3.53. The van der Waals surface area contributed by atoms with Gasteiger partial charge in [0.05, 0.1) is 6.61 Å². The first-order valence-electron chi connectivity index (χ1n) is 30.4. The molecule has 1 N–H and O–H groups in total. The van der Waals surface area contributed by atoms with E-state index in [2.05, 4.69) is 123 Å². The van der Waals surface area contributed by atoms with Gasteiger partial charge in [0, 0.05) is 12.8 Å². The summed E-state index contributed by atoms with van der Waals surface area (Å²) in [7, 11) is 0. The molecule has 0 aliphatic rings. The van der Waals surface area contributed by atoms with Crippen molar-refractivity contribution in [2.45, 2.75) is 290 Å². The van der Waals surface area contributed by atoms with Crippen molar-refractivity contribution < 1.29 is 24.2 Å². The van der Waals surface area contributed by atoms with Crippen LogP contribution in [0.1, 0.15) is 284 Å². The maximum atomic E-state index is 12.3. The largest absolute Gasteiger partial charge is 0.462 e. The van der Waals surface area contributed by atoms with Crippen molar-refractivity contribution in [2.24, 2.45) is 0 Å². The number of hydrogen-bond donors (Lipinski definition) is 1. The molecule has 0 heterocycles. The molecule has 0 aromatic carbocycles. The van der Waals surface area contributed by atoms with Crippen LogP contribution in [0.4, 0.5) is 0 Å². The zero-order valence-corrected chi connectivity index (χ0v) is 47.2. The molecule has 0 fully saturated rings. The molecule has 0 bridgehead atoms. The number of hydrogen-bond acceptors (Lipinski definition) is 5. The molecule has 72 heavy (non-hydrogen) atoms. The van der Waals surface area contributed by atoms with Crippen LogP contribution in [0.15, 0.2) is 109 Å². The zero-order chi connectivity index (χ0) is 52.0. The minimum atomic E-state index is -0.780. The fourth-order valence-electron chi connectivity index (χ4n) is 8.51. The number of aliphatic hydroxyl groups is 1. The molecular weight excluding hydrogens is 885 g/mol. The maximum Gasteiger partial charge on any atom is 0.306 e. The number of carbonyl (C=O) groups excluding carboxylic acids is 2. The lowest BCUT2D eigenvalue weighted by Gasteiger charge is -2.15. The highest BCUT2D eigenvalue weighted by atomic mass is 16.6. The van der Waals surface area contributed by atoms with Gasteiger partial charge in [-0.15, -0.1) is 0 Å². The zero-order valence-electron chi connectivity index (χ0n) is 47.2. The van der Waals surface area contributed by atoms with Gasteiger partial charge in [-0.05, 0) is 103 Å². The van der Waals surface area contributed by atoms with Crippen molar-refractivity contribution in [3.05, 3.63) is 109 Å². The third-order valence-corrected chi connectivity index (χ3v) is 13.1. The van der Waals surface area contributed by atoms with Gasteiger partial charge in [0.25, 0.3) is 0 Å². The van der Waals surface area contributed by atoms with Crippen molar-refractivity contribution in [3.63, 3.8) is 0 Å². The summed E-state index contributed by atoms with van der Waals surface area (Å²) in [6.07, 6.45) is 89.3. The minimum absolute atomic E-state index is 0.0702. The molecule has 0 aliphatic heterocycles. The van der Waals surface area contributed by atoms with E-state index in [1.165, 1.54) is 167 Å². The number of esters is 2. The number of ether oxygens (including phenoxy) is 2. The summed E-state index contributed by atoms with van der Waals surface area (Å²) in [6, 6.07) is 0. The molecule has 0 rings (SSSR count). The number of rotatable bonds is 55. The van der Waals surface area contributed by atoms with Crippen molar-refractivity contribution in [3.8, 4) is 0 Å². The molecule has 1 unspecified atom stereocenters. The lowest BCUT2D eigenvalue weighted by molar-refractivity contribution is -0.161. The van der Waals surface area contributed by atoms with Crippen LogP contribution in [0.25, 0.3) is 0 Å². The Bertz CT molecular complexity index is 1410. The fraction of sp³-hybridized carbons (Fsp3) is 0.701. The molecule has 0 radical (unpaired) electrons. The molecular formula is C67H114O5. The topological polar surface area (TPSA) is 72.8 Å². The van der Waals surface area contributed by atoms with E-state index in [0.717, 1.165) is 89.9 Å². The van der Waals surface area contributed by atoms with Crippen molar-refractivity contribution >= 4 is 11.9 Å². The summed E-state index contributed by atoms with van der Waals surface area (Å²) in [6.45, 7) is 4.04. The molecule has 5 nitrogen and oxygen atoms in total. The van der Waals surface area contributed by atoms with Crippen LogP contribution in [0, 0.1) is 0 Å². The number of unbranched alkanes of at least 4 members (excludes halogenated alkanes) is 29. The third-order valence-electron chi connectivity index (χ3n) is 13.1. The van der Waals surface area contributed by atoms with Crippen molar-refractivity contribution in [1.82, 2.24) is 0 Å². The molecule has 0 aromatic heterocycles. The first-order chi connectivity index (χ1) is 35.6. The van der Waals surface area contributed by atoms with Crippen LogP contribution >= 0.6 is 0 Å². The molecule has 0 saturated heterocycles. The predicted octanol–water partition coefficient (Wildman–Crippen LogP) is 20.9. The first-order valence-corrected chi connectivity index (χ1v) is 30.4. The van der Waals surface area contributed by atoms with E-state index >= 15 is 0 Å². The number of carbonyl (C=O) groups is 2. The van der Waals surface area contributed by atoms with E-state index in [1.54, 1.807) is 0 Å². The average molecular weight is 1000 g/mol. The second-order valence-corrected chi connectivity index (χ2v) is 20.0. The smallest absolute Gasteiger partial charge is 0.306 e. The molecule has 0 amide bonds. The SMILES string of the molecule is CC/C=C\C/C=C\C/C=C\C/C=C\C/C=C\C/C=C\C/C=C\C/C=C\CCCCCCCCCCCCCCC(=O)OC(CO)COC(=O)CCCCCCCCCCC/C=C\CCCCCCCCCC. The number of aliphatic hydroxyl groups excluding tert-OH is 1. The van der Waals surface area contributed by atoms with Gasteiger partial charge in [0.15, 0.2) is 6.10 Å². The summed E-state index contributed by atoms with van der Waals surface area (Å²) in [5.74, 6) is -0.591. The molecule has 412 valence electrons. The van der Waals surface area contributed by atoms with E-state index in [4.69, 9.17) is 9.47 Å². The van der Waals surface area contributed by atoms with Gasteiger partial charge in [-0.25, -0.2) is 0 Å². The summed E-state index contributed by atoms with van der Waals surface area (Å²) in [5, 5.41) is 9.67. The number of allylic oxidation sites excluding steroid dienone is 18. The van der Waals surface area contributed by atoms with Gasteiger partial charge >= 0.3 is 11.9 Å². The van der Waals surface area contributed by atoms with Gasteiger partial charge in [0.2, 0.25) is 0 Å².